The minimum atomic E-state index is -2.12. The Kier molecular flexibility index (Phi) is 8.04. The summed E-state index contributed by atoms with van der Waals surface area (Å²) >= 11 is 0. The van der Waals surface area contributed by atoms with Crippen LogP contribution < -0.4 is 0 Å². The number of benzene rings is 1. The van der Waals surface area contributed by atoms with Gasteiger partial charge in [-0.05, 0) is 91.7 Å². The molecular formula is C25H36F4. The highest BCUT2D eigenvalue weighted by molar-refractivity contribution is 5.29. The molecule has 1 aromatic rings. The SMILES string of the molecule is CC1CCC(C2CCC(c3ccc(C(C)CC(F)C(F)CF)c(F)c3)CC2)CC1. The van der Waals surface area contributed by atoms with Gasteiger partial charge >= 0.3 is 0 Å². The van der Waals surface area contributed by atoms with Crippen LogP contribution in [0.1, 0.15) is 94.6 Å². The van der Waals surface area contributed by atoms with Crippen LogP contribution in [0.4, 0.5) is 17.6 Å². The molecular weight excluding hydrogens is 376 g/mol. The topological polar surface area (TPSA) is 0 Å². The summed E-state index contributed by atoms with van der Waals surface area (Å²) < 4.78 is 53.9. The van der Waals surface area contributed by atoms with Crippen LogP contribution in [0.2, 0.25) is 0 Å². The van der Waals surface area contributed by atoms with Crippen molar-refractivity contribution in [2.24, 2.45) is 17.8 Å². The molecule has 2 aliphatic rings. The molecule has 2 aliphatic carbocycles. The highest BCUT2D eigenvalue weighted by Gasteiger charge is 2.31. The molecule has 2 fully saturated rings. The van der Waals surface area contributed by atoms with E-state index in [-0.39, 0.29) is 12.2 Å². The van der Waals surface area contributed by atoms with E-state index in [9.17, 15) is 17.6 Å². The molecule has 3 unspecified atom stereocenters. The van der Waals surface area contributed by atoms with Crippen molar-refractivity contribution in [3.05, 3.63) is 35.1 Å². The van der Waals surface area contributed by atoms with Crippen LogP contribution in [0.15, 0.2) is 18.2 Å². The molecule has 0 amide bonds. The van der Waals surface area contributed by atoms with Crippen LogP contribution in [0.25, 0.3) is 0 Å². The minimum Gasteiger partial charge on any atom is -0.248 e. The van der Waals surface area contributed by atoms with E-state index in [0.717, 1.165) is 36.2 Å². The Labute approximate surface area is 173 Å². The van der Waals surface area contributed by atoms with E-state index in [1.807, 2.05) is 6.07 Å². The van der Waals surface area contributed by atoms with E-state index in [1.54, 1.807) is 19.1 Å². The van der Waals surface area contributed by atoms with Gasteiger partial charge in [0, 0.05) is 0 Å². The lowest BCUT2D eigenvalue weighted by molar-refractivity contribution is 0.125. The highest BCUT2D eigenvalue weighted by atomic mass is 19.2. The third-order valence-corrected chi connectivity index (χ3v) is 7.64. The molecule has 0 aliphatic heterocycles. The van der Waals surface area contributed by atoms with E-state index >= 15 is 0 Å². The fourth-order valence-corrected chi connectivity index (χ4v) is 5.59. The van der Waals surface area contributed by atoms with Crippen LogP contribution in [0, 0.1) is 23.6 Å². The molecule has 0 radical (unpaired) electrons. The smallest absolute Gasteiger partial charge is 0.159 e. The highest BCUT2D eigenvalue weighted by Crippen LogP contribution is 2.44. The monoisotopic (exact) mass is 412 g/mol. The summed E-state index contributed by atoms with van der Waals surface area (Å²) in [6, 6.07) is 5.27. The molecule has 2 saturated carbocycles. The average Bonchev–Trinajstić information content (AvgIpc) is 2.73. The van der Waals surface area contributed by atoms with Gasteiger partial charge in [0.15, 0.2) is 6.17 Å². The largest absolute Gasteiger partial charge is 0.248 e. The molecule has 3 rings (SSSR count). The maximum absolute atomic E-state index is 14.7. The molecule has 0 N–H and O–H groups in total. The predicted molar refractivity (Wildman–Crippen MR) is 111 cm³/mol. The summed E-state index contributed by atoms with van der Waals surface area (Å²) in [6.45, 7) is 2.70. The summed E-state index contributed by atoms with van der Waals surface area (Å²) in [4.78, 5) is 0. The summed E-state index contributed by atoms with van der Waals surface area (Å²) in [7, 11) is 0. The molecule has 1 aromatic carbocycles. The first-order valence-electron chi connectivity index (χ1n) is 11.5. The summed E-state index contributed by atoms with van der Waals surface area (Å²) in [5.41, 5.74) is 1.42. The Balaban J connectivity index is 1.55. The van der Waals surface area contributed by atoms with Crippen molar-refractivity contribution in [1.82, 2.24) is 0 Å². The van der Waals surface area contributed by atoms with Crippen molar-refractivity contribution in [3.63, 3.8) is 0 Å². The minimum absolute atomic E-state index is 0.202. The van der Waals surface area contributed by atoms with Crippen molar-refractivity contribution >= 4 is 0 Å². The Morgan fingerprint density at radius 2 is 1.48 bits per heavy atom. The zero-order valence-corrected chi connectivity index (χ0v) is 17.9. The van der Waals surface area contributed by atoms with Gasteiger partial charge in [0.25, 0.3) is 0 Å². The van der Waals surface area contributed by atoms with E-state index in [0.29, 0.717) is 11.5 Å². The molecule has 4 heteroatoms. The molecule has 3 atom stereocenters. The van der Waals surface area contributed by atoms with Crippen molar-refractivity contribution < 1.29 is 17.6 Å². The molecule has 164 valence electrons. The van der Waals surface area contributed by atoms with E-state index < -0.39 is 24.9 Å². The fraction of sp³-hybridized carbons (Fsp3) is 0.760. The van der Waals surface area contributed by atoms with Gasteiger partial charge in [0.05, 0.1) is 0 Å². The predicted octanol–water partition coefficient (Wildman–Crippen LogP) is 8.07. The van der Waals surface area contributed by atoms with Crippen molar-refractivity contribution in [1.29, 1.82) is 0 Å². The lowest BCUT2D eigenvalue weighted by Crippen LogP contribution is -2.24. The van der Waals surface area contributed by atoms with Crippen molar-refractivity contribution in [2.45, 2.75) is 95.8 Å². The van der Waals surface area contributed by atoms with Gasteiger partial charge in [0.1, 0.15) is 18.7 Å². The first-order valence-corrected chi connectivity index (χ1v) is 11.5. The van der Waals surface area contributed by atoms with Gasteiger partial charge in [-0.1, -0.05) is 38.8 Å². The zero-order valence-electron chi connectivity index (χ0n) is 17.9. The second-order valence-corrected chi connectivity index (χ2v) is 9.74. The molecule has 0 aromatic heterocycles. The van der Waals surface area contributed by atoms with Crippen LogP contribution in [0.3, 0.4) is 0 Å². The van der Waals surface area contributed by atoms with Crippen molar-refractivity contribution in [2.75, 3.05) is 6.67 Å². The van der Waals surface area contributed by atoms with Gasteiger partial charge in [-0.2, -0.15) is 0 Å². The van der Waals surface area contributed by atoms with Crippen LogP contribution in [-0.2, 0) is 0 Å². The number of halogens is 4. The second kappa shape index (κ2) is 10.3. The average molecular weight is 413 g/mol. The number of alkyl halides is 3. The molecule has 0 saturated heterocycles. The van der Waals surface area contributed by atoms with E-state index in [4.69, 9.17) is 0 Å². The first kappa shape index (κ1) is 22.6. The Bertz CT molecular complexity index is 630. The molecule has 0 spiro atoms. The van der Waals surface area contributed by atoms with Crippen molar-refractivity contribution in [3.8, 4) is 0 Å². The zero-order chi connectivity index (χ0) is 21.0. The molecule has 0 heterocycles. The number of hydrogen-bond acceptors (Lipinski definition) is 0. The van der Waals surface area contributed by atoms with E-state index in [1.165, 1.54) is 38.5 Å². The van der Waals surface area contributed by atoms with Gasteiger partial charge < -0.3 is 0 Å². The molecule has 0 bridgehead atoms. The summed E-state index contributed by atoms with van der Waals surface area (Å²) in [5.74, 6) is 2.16. The molecule has 0 nitrogen and oxygen atoms in total. The van der Waals surface area contributed by atoms with Gasteiger partial charge in [0.2, 0.25) is 0 Å². The first-order chi connectivity index (χ1) is 13.9. The summed E-state index contributed by atoms with van der Waals surface area (Å²) in [6.07, 6.45) is 5.93. The van der Waals surface area contributed by atoms with E-state index in [2.05, 4.69) is 6.92 Å². The maximum atomic E-state index is 14.7. The maximum Gasteiger partial charge on any atom is 0.159 e. The number of hydrogen-bond donors (Lipinski definition) is 0. The lowest BCUT2D eigenvalue weighted by atomic mass is 9.68. The lowest BCUT2D eigenvalue weighted by Gasteiger charge is -2.37. The van der Waals surface area contributed by atoms with Gasteiger partial charge in [-0.3, -0.25) is 0 Å². The van der Waals surface area contributed by atoms with Crippen LogP contribution >= 0.6 is 0 Å². The fourth-order valence-electron chi connectivity index (χ4n) is 5.59. The van der Waals surface area contributed by atoms with Crippen LogP contribution in [-0.4, -0.2) is 19.0 Å². The Morgan fingerprint density at radius 1 is 0.897 bits per heavy atom. The second-order valence-electron chi connectivity index (χ2n) is 9.74. The molecule has 29 heavy (non-hydrogen) atoms. The number of rotatable bonds is 7. The van der Waals surface area contributed by atoms with Crippen LogP contribution in [0.5, 0.6) is 0 Å². The third-order valence-electron chi connectivity index (χ3n) is 7.64. The summed E-state index contributed by atoms with van der Waals surface area (Å²) in [5, 5.41) is 0. The standard InChI is InChI=1S/C25H36F4/c1-16-3-5-18(6-4-16)19-7-9-20(10-8-19)21-11-12-22(23(27)14-21)17(2)13-24(28)25(29)15-26/h11-12,14,16-20,24-25H,3-10,13,15H2,1-2H3. The quantitative estimate of drug-likeness (QED) is 0.397. The Hall–Kier alpha value is -1.06. The normalized spacial score (nSPS) is 31.2. The Morgan fingerprint density at radius 3 is 2.03 bits per heavy atom. The van der Waals surface area contributed by atoms with Gasteiger partial charge in [-0.15, -0.1) is 0 Å². The third kappa shape index (κ3) is 5.76. The van der Waals surface area contributed by atoms with Gasteiger partial charge in [-0.25, -0.2) is 17.6 Å².